The Kier molecular flexibility index (Phi) is 6.09. The lowest BCUT2D eigenvalue weighted by molar-refractivity contribution is -0.133. The molecule has 0 spiro atoms. The number of carbonyl (C=O) groups excluding carboxylic acids is 2. The normalized spacial score (nSPS) is 15.4. The topological polar surface area (TPSA) is 114 Å². The average molecular weight is 376 g/mol. The maximum Gasteiger partial charge on any atom is 0.412 e. The molecule has 27 heavy (non-hydrogen) atoms. The van der Waals surface area contributed by atoms with Crippen LogP contribution in [0.15, 0.2) is 42.1 Å². The standard InChI is InChI=1S/C19H24N2O6/c1-18(2,3)27-16(24)20-14(15(22)23)11-19(9-10-19)21-17(25)26-12-13-7-5-4-6-8-13/h4-8,11H,9-10,12H2,1-3H3,(H,20,24)(H,21,25)(H,22,23)/b14-11-. The summed E-state index contributed by atoms with van der Waals surface area (Å²) in [4.78, 5) is 35.2. The molecule has 0 saturated heterocycles. The van der Waals surface area contributed by atoms with Gasteiger partial charge in [-0.15, -0.1) is 0 Å². The third-order valence-electron chi connectivity index (χ3n) is 3.64. The van der Waals surface area contributed by atoms with Crippen molar-refractivity contribution in [1.29, 1.82) is 0 Å². The second kappa shape index (κ2) is 8.11. The minimum absolute atomic E-state index is 0.106. The van der Waals surface area contributed by atoms with Crippen molar-refractivity contribution in [2.24, 2.45) is 0 Å². The van der Waals surface area contributed by atoms with Gasteiger partial charge in [0.25, 0.3) is 0 Å². The molecule has 1 aliphatic rings. The monoisotopic (exact) mass is 376 g/mol. The van der Waals surface area contributed by atoms with Gasteiger partial charge in [0.1, 0.15) is 17.9 Å². The molecule has 146 valence electrons. The number of amides is 2. The highest BCUT2D eigenvalue weighted by atomic mass is 16.6. The summed E-state index contributed by atoms with van der Waals surface area (Å²) in [5.74, 6) is -1.33. The molecule has 0 bridgehead atoms. The lowest BCUT2D eigenvalue weighted by Crippen LogP contribution is -2.39. The molecule has 1 fully saturated rings. The molecule has 8 nitrogen and oxygen atoms in total. The van der Waals surface area contributed by atoms with Gasteiger partial charge in [-0.05, 0) is 45.3 Å². The maximum atomic E-state index is 12.0. The van der Waals surface area contributed by atoms with E-state index in [1.807, 2.05) is 30.3 Å². The van der Waals surface area contributed by atoms with E-state index in [1.165, 1.54) is 6.08 Å². The summed E-state index contributed by atoms with van der Waals surface area (Å²) in [5, 5.41) is 14.2. The Hall–Kier alpha value is -3.03. The van der Waals surface area contributed by atoms with Crippen LogP contribution in [0.5, 0.6) is 0 Å². The number of hydrogen-bond donors (Lipinski definition) is 3. The number of hydrogen-bond acceptors (Lipinski definition) is 5. The number of alkyl carbamates (subject to hydrolysis) is 2. The summed E-state index contributed by atoms with van der Waals surface area (Å²) in [5.41, 5.74) is -1.13. The van der Waals surface area contributed by atoms with Gasteiger partial charge in [-0.1, -0.05) is 30.3 Å². The fourth-order valence-corrected chi connectivity index (χ4v) is 2.24. The van der Waals surface area contributed by atoms with Crippen molar-refractivity contribution in [3.63, 3.8) is 0 Å². The van der Waals surface area contributed by atoms with Gasteiger partial charge in [-0.3, -0.25) is 5.32 Å². The predicted octanol–water partition coefficient (Wildman–Crippen LogP) is 2.94. The van der Waals surface area contributed by atoms with E-state index >= 15 is 0 Å². The Labute approximate surface area is 157 Å². The molecule has 1 aromatic carbocycles. The number of aliphatic carboxylic acids is 1. The van der Waals surface area contributed by atoms with Gasteiger partial charge >= 0.3 is 18.2 Å². The van der Waals surface area contributed by atoms with E-state index in [-0.39, 0.29) is 12.3 Å². The Morgan fingerprint density at radius 2 is 1.78 bits per heavy atom. The highest BCUT2D eigenvalue weighted by Crippen LogP contribution is 2.37. The van der Waals surface area contributed by atoms with Gasteiger partial charge in [0.05, 0.1) is 5.54 Å². The van der Waals surface area contributed by atoms with E-state index in [0.717, 1.165) is 5.56 Å². The van der Waals surface area contributed by atoms with Gasteiger partial charge in [0.2, 0.25) is 0 Å². The van der Waals surface area contributed by atoms with Crippen molar-refractivity contribution in [2.75, 3.05) is 0 Å². The van der Waals surface area contributed by atoms with E-state index in [4.69, 9.17) is 9.47 Å². The smallest absolute Gasteiger partial charge is 0.412 e. The lowest BCUT2D eigenvalue weighted by atomic mass is 10.2. The van der Waals surface area contributed by atoms with Crippen LogP contribution in [-0.4, -0.2) is 34.4 Å². The minimum atomic E-state index is -1.33. The SMILES string of the molecule is CC(C)(C)OC(=O)N/C(=C\C1(NC(=O)OCc2ccccc2)CC1)C(=O)O. The molecule has 1 aliphatic carbocycles. The number of carbonyl (C=O) groups is 3. The molecule has 2 amide bonds. The van der Waals surface area contributed by atoms with Crippen molar-refractivity contribution < 1.29 is 29.0 Å². The Bertz CT molecular complexity index is 732. The lowest BCUT2D eigenvalue weighted by Gasteiger charge is -2.20. The second-order valence-corrected chi connectivity index (χ2v) is 7.33. The molecule has 0 radical (unpaired) electrons. The number of ether oxygens (including phenoxy) is 2. The molecule has 0 unspecified atom stereocenters. The first-order valence-corrected chi connectivity index (χ1v) is 8.54. The summed E-state index contributed by atoms with van der Waals surface area (Å²) in [6.07, 6.45) is 0.858. The van der Waals surface area contributed by atoms with Crippen molar-refractivity contribution >= 4 is 18.2 Å². The number of benzene rings is 1. The molecule has 0 atom stereocenters. The molecule has 2 rings (SSSR count). The molecular formula is C19H24N2O6. The van der Waals surface area contributed by atoms with Crippen LogP contribution in [0.3, 0.4) is 0 Å². The number of rotatable bonds is 6. The molecule has 0 aliphatic heterocycles. The van der Waals surface area contributed by atoms with Crippen LogP contribution in [0.1, 0.15) is 39.2 Å². The first-order valence-electron chi connectivity index (χ1n) is 8.54. The van der Waals surface area contributed by atoms with Crippen LogP contribution in [0.25, 0.3) is 0 Å². The van der Waals surface area contributed by atoms with E-state index in [2.05, 4.69) is 10.6 Å². The second-order valence-electron chi connectivity index (χ2n) is 7.33. The molecular weight excluding hydrogens is 352 g/mol. The summed E-state index contributed by atoms with van der Waals surface area (Å²) in [6, 6.07) is 9.19. The van der Waals surface area contributed by atoms with Crippen molar-refractivity contribution in [1.82, 2.24) is 10.6 Å². The summed E-state index contributed by atoms with van der Waals surface area (Å²) in [7, 11) is 0. The van der Waals surface area contributed by atoms with Crippen LogP contribution in [-0.2, 0) is 20.9 Å². The van der Waals surface area contributed by atoms with Gasteiger partial charge in [-0.2, -0.15) is 0 Å². The van der Waals surface area contributed by atoms with Crippen molar-refractivity contribution in [3.8, 4) is 0 Å². The molecule has 0 aromatic heterocycles. The number of nitrogens with one attached hydrogen (secondary N) is 2. The molecule has 0 heterocycles. The van der Waals surface area contributed by atoms with E-state index in [9.17, 15) is 19.5 Å². The van der Waals surface area contributed by atoms with E-state index in [1.54, 1.807) is 20.8 Å². The highest BCUT2D eigenvalue weighted by Gasteiger charge is 2.44. The first kappa shape index (κ1) is 20.3. The van der Waals surface area contributed by atoms with Crippen LogP contribution in [0.2, 0.25) is 0 Å². The van der Waals surface area contributed by atoms with Gasteiger partial charge in [-0.25, -0.2) is 14.4 Å². The number of carboxylic acids is 1. The third-order valence-corrected chi connectivity index (χ3v) is 3.64. The first-order chi connectivity index (χ1) is 12.6. The molecule has 8 heteroatoms. The van der Waals surface area contributed by atoms with Crippen LogP contribution in [0.4, 0.5) is 9.59 Å². The van der Waals surface area contributed by atoms with Crippen LogP contribution >= 0.6 is 0 Å². The summed E-state index contributed by atoms with van der Waals surface area (Å²) < 4.78 is 10.2. The zero-order valence-electron chi connectivity index (χ0n) is 15.6. The highest BCUT2D eigenvalue weighted by molar-refractivity contribution is 5.91. The van der Waals surface area contributed by atoms with E-state index < -0.39 is 29.3 Å². The van der Waals surface area contributed by atoms with Crippen LogP contribution < -0.4 is 10.6 Å². The van der Waals surface area contributed by atoms with Gasteiger partial charge in [0.15, 0.2) is 0 Å². The Morgan fingerprint density at radius 1 is 1.15 bits per heavy atom. The Morgan fingerprint density at radius 3 is 2.30 bits per heavy atom. The summed E-state index contributed by atoms with van der Waals surface area (Å²) in [6.45, 7) is 5.12. The third kappa shape index (κ3) is 7.01. The summed E-state index contributed by atoms with van der Waals surface area (Å²) >= 11 is 0. The fraction of sp³-hybridized carbons (Fsp3) is 0.421. The van der Waals surface area contributed by atoms with Crippen molar-refractivity contribution in [3.05, 3.63) is 47.7 Å². The zero-order valence-corrected chi connectivity index (χ0v) is 15.6. The largest absolute Gasteiger partial charge is 0.477 e. The average Bonchev–Trinajstić information content (AvgIpc) is 3.30. The minimum Gasteiger partial charge on any atom is -0.477 e. The molecule has 3 N–H and O–H groups in total. The molecule has 1 aromatic rings. The zero-order chi connectivity index (χ0) is 20.1. The Balaban J connectivity index is 1.95. The fourth-order valence-electron chi connectivity index (χ4n) is 2.24. The van der Waals surface area contributed by atoms with Gasteiger partial charge < -0.3 is 19.9 Å². The van der Waals surface area contributed by atoms with Crippen molar-refractivity contribution in [2.45, 2.75) is 51.4 Å². The van der Waals surface area contributed by atoms with Crippen LogP contribution in [0, 0.1) is 0 Å². The van der Waals surface area contributed by atoms with E-state index in [0.29, 0.717) is 12.8 Å². The van der Waals surface area contributed by atoms with Gasteiger partial charge in [0, 0.05) is 0 Å². The maximum absolute atomic E-state index is 12.0. The quantitative estimate of drug-likeness (QED) is 0.658. The predicted molar refractivity (Wildman–Crippen MR) is 96.8 cm³/mol. The molecule has 1 saturated carbocycles. The number of carboxylic acid groups (broad SMARTS) is 1.